The molecule has 0 rings (SSSR count). The molecule has 1 heteroatoms. The predicted molar refractivity (Wildman–Crippen MR) is 66.0 cm³/mol. The van der Waals surface area contributed by atoms with Gasteiger partial charge in [-0.25, -0.2) is 0 Å². The smallest absolute Gasteiger partial charge is 0.0397 e. The molecule has 82 valence electrons. The summed E-state index contributed by atoms with van der Waals surface area (Å²) in [6.45, 7) is 15.5. The van der Waals surface area contributed by atoms with Crippen molar-refractivity contribution in [2.45, 2.75) is 48.5 Å². The second kappa shape index (κ2) is 4.29. The number of aliphatic imine (C=N–C) groups is 1. The Morgan fingerprint density at radius 2 is 1.36 bits per heavy atom. The van der Waals surface area contributed by atoms with Crippen LogP contribution in [-0.4, -0.2) is 12.8 Å². The molecule has 0 fully saturated rings. The number of rotatable bonds is 1. The van der Waals surface area contributed by atoms with Crippen LogP contribution in [-0.2, 0) is 0 Å². The first-order valence-corrected chi connectivity index (χ1v) is 5.25. The third-order valence-corrected chi connectivity index (χ3v) is 2.55. The fourth-order valence-electron chi connectivity index (χ4n) is 1.04. The largest absolute Gasteiger partial charge is 0.293 e. The molecule has 0 spiro atoms. The Kier molecular flexibility index (Phi) is 4.11. The highest BCUT2D eigenvalue weighted by molar-refractivity contribution is 5.99. The van der Waals surface area contributed by atoms with Crippen molar-refractivity contribution < 1.29 is 0 Å². The first-order valence-electron chi connectivity index (χ1n) is 5.25. The van der Waals surface area contributed by atoms with E-state index in [9.17, 15) is 0 Å². The van der Waals surface area contributed by atoms with Gasteiger partial charge >= 0.3 is 0 Å². The maximum absolute atomic E-state index is 4.35. The van der Waals surface area contributed by atoms with E-state index in [1.807, 2.05) is 7.05 Å². The Balaban J connectivity index is 4.99. The van der Waals surface area contributed by atoms with E-state index < -0.39 is 0 Å². The Bertz CT molecular complexity index is 243. The van der Waals surface area contributed by atoms with Gasteiger partial charge in [-0.05, 0) is 18.4 Å². The summed E-state index contributed by atoms with van der Waals surface area (Å²) >= 11 is 0. The van der Waals surface area contributed by atoms with Crippen molar-refractivity contribution in [1.82, 2.24) is 0 Å². The maximum atomic E-state index is 4.35. The van der Waals surface area contributed by atoms with Gasteiger partial charge in [-0.1, -0.05) is 47.1 Å². The van der Waals surface area contributed by atoms with Gasteiger partial charge in [0.1, 0.15) is 0 Å². The van der Waals surface area contributed by atoms with Gasteiger partial charge in [0.25, 0.3) is 0 Å². The van der Waals surface area contributed by atoms with Crippen molar-refractivity contribution in [3.63, 3.8) is 0 Å². The highest BCUT2D eigenvalue weighted by Crippen LogP contribution is 2.27. The lowest BCUT2D eigenvalue weighted by molar-refractivity contribution is 0.503. The van der Waals surface area contributed by atoms with Crippen LogP contribution in [0.2, 0.25) is 0 Å². The predicted octanol–water partition coefficient (Wildman–Crippen LogP) is 4.10. The van der Waals surface area contributed by atoms with Crippen LogP contribution in [0, 0.1) is 10.8 Å². The zero-order valence-electron chi connectivity index (χ0n) is 11.0. The Morgan fingerprint density at radius 3 is 1.57 bits per heavy atom. The van der Waals surface area contributed by atoms with Gasteiger partial charge in [0.05, 0.1) is 0 Å². The molecular formula is C13H25N. The van der Waals surface area contributed by atoms with Crippen molar-refractivity contribution in [2.24, 2.45) is 15.8 Å². The second-order valence-corrected chi connectivity index (χ2v) is 5.94. The maximum Gasteiger partial charge on any atom is 0.0397 e. The molecule has 1 nitrogen and oxygen atoms in total. The quantitative estimate of drug-likeness (QED) is 0.559. The van der Waals surface area contributed by atoms with Gasteiger partial charge < -0.3 is 0 Å². The number of hydrogen-bond acceptors (Lipinski definition) is 1. The van der Waals surface area contributed by atoms with Crippen LogP contribution in [0.3, 0.4) is 0 Å². The van der Waals surface area contributed by atoms with Crippen molar-refractivity contribution in [2.75, 3.05) is 7.05 Å². The lowest BCUT2D eigenvalue weighted by Gasteiger charge is -2.24. The molecule has 0 saturated heterocycles. The fraction of sp³-hybridized carbons (Fsp3) is 0.769. The minimum Gasteiger partial charge on any atom is -0.293 e. The van der Waals surface area contributed by atoms with Crippen molar-refractivity contribution in [3.8, 4) is 0 Å². The van der Waals surface area contributed by atoms with Crippen LogP contribution in [0.5, 0.6) is 0 Å². The third kappa shape index (κ3) is 4.08. The van der Waals surface area contributed by atoms with E-state index in [-0.39, 0.29) is 10.8 Å². The summed E-state index contributed by atoms with van der Waals surface area (Å²) < 4.78 is 0. The van der Waals surface area contributed by atoms with E-state index >= 15 is 0 Å². The molecule has 0 aliphatic rings. The summed E-state index contributed by atoms with van der Waals surface area (Å²) in [4.78, 5) is 4.35. The SMILES string of the molecule is CN=C(C=C(C)C(C)(C)C)C(C)(C)C. The normalized spacial score (nSPS) is 16.0. The molecule has 0 radical (unpaired) electrons. The first kappa shape index (κ1) is 13.4. The van der Waals surface area contributed by atoms with Gasteiger partial charge in [0.2, 0.25) is 0 Å². The molecule has 0 unspecified atom stereocenters. The van der Waals surface area contributed by atoms with Gasteiger partial charge in [-0.2, -0.15) is 0 Å². The van der Waals surface area contributed by atoms with Crippen LogP contribution >= 0.6 is 0 Å². The molecular weight excluding hydrogens is 170 g/mol. The summed E-state index contributed by atoms with van der Waals surface area (Å²) in [5, 5.41) is 0. The standard InChI is InChI=1S/C13H25N/c1-10(12(2,3)4)9-11(14-8)13(5,6)7/h9H,1-8H3. The molecule has 0 atom stereocenters. The number of hydrogen-bond donors (Lipinski definition) is 0. The van der Waals surface area contributed by atoms with Crippen LogP contribution in [0.15, 0.2) is 16.6 Å². The topological polar surface area (TPSA) is 12.4 Å². The molecule has 0 saturated carbocycles. The van der Waals surface area contributed by atoms with E-state index in [0.29, 0.717) is 0 Å². The minimum atomic E-state index is 0.140. The van der Waals surface area contributed by atoms with E-state index in [1.54, 1.807) is 0 Å². The van der Waals surface area contributed by atoms with Crippen LogP contribution in [0.4, 0.5) is 0 Å². The zero-order chi connectivity index (χ0) is 11.6. The highest BCUT2D eigenvalue weighted by atomic mass is 14.7. The summed E-state index contributed by atoms with van der Waals surface area (Å²) in [6, 6.07) is 0. The van der Waals surface area contributed by atoms with E-state index in [0.717, 1.165) is 0 Å². The van der Waals surface area contributed by atoms with E-state index in [2.05, 4.69) is 59.5 Å². The van der Waals surface area contributed by atoms with Crippen LogP contribution in [0.25, 0.3) is 0 Å². The molecule has 0 heterocycles. The van der Waals surface area contributed by atoms with Gasteiger partial charge in [-0.3, -0.25) is 4.99 Å². The van der Waals surface area contributed by atoms with E-state index in [4.69, 9.17) is 0 Å². The monoisotopic (exact) mass is 195 g/mol. The second-order valence-electron chi connectivity index (χ2n) is 5.94. The molecule has 14 heavy (non-hydrogen) atoms. The van der Waals surface area contributed by atoms with E-state index in [1.165, 1.54) is 11.3 Å². The zero-order valence-corrected chi connectivity index (χ0v) is 11.0. The minimum absolute atomic E-state index is 0.140. The van der Waals surface area contributed by atoms with Gasteiger partial charge in [0.15, 0.2) is 0 Å². The Labute approximate surface area is 89.3 Å². The summed E-state index contributed by atoms with van der Waals surface area (Å²) in [5.74, 6) is 0. The molecule has 0 aromatic rings. The molecule has 0 aromatic heterocycles. The van der Waals surface area contributed by atoms with Crippen LogP contribution < -0.4 is 0 Å². The lowest BCUT2D eigenvalue weighted by atomic mass is 9.82. The average Bonchev–Trinajstić information content (AvgIpc) is 1.95. The molecule has 0 aromatic carbocycles. The summed E-state index contributed by atoms with van der Waals surface area (Å²) in [7, 11) is 1.87. The third-order valence-electron chi connectivity index (χ3n) is 2.55. The molecule has 0 N–H and O–H groups in total. The van der Waals surface area contributed by atoms with Gasteiger partial charge in [-0.15, -0.1) is 0 Å². The van der Waals surface area contributed by atoms with Crippen molar-refractivity contribution in [3.05, 3.63) is 11.6 Å². The van der Waals surface area contributed by atoms with Crippen molar-refractivity contribution >= 4 is 5.71 Å². The summed E-state index contributed by atoms with van der Waals surface area (Å²) in [5.41, 5.74) is 2.93. The molecule has 0 aliphatic heterocycles. The first-order chi connectivity index (χ1) is 6.09. The fourth-order valence-corrected chi connectivity index (χ4v) is 1.04. The van der Waals surface area contributed by atoms with Crippen molar-refractivity contribution in [1.29, 1.82) is 0 Å². The van der Waals surface area contributed by atoms with Gasteiger partial charge in [0, 0.05) is 18.2 Å². The Hall–Kier alpha value is -0.590. The number of nitrogens with zero attached hydrogens (tertiary/aromatic N) is 1. The van der Waals surface area contributed by atoms with Crippen LogP contribution in [0.1, 0.15) is 48.5 Å². The average molecular weight is 195 g/mol. The number of allylic oxidation sites excluding steroid dienone is 2. The molecule has 0 aliphatic carbocycles. The lowest BCUT2D eigenvalue weighted by Crippen LogP contribution is -2.20. The molecule has 0 bridgehead atoms. The molecule has 0 amide bonds. The highest BCUT2D eigenvalue weighted by Gasteiger charge is 2.19. The summed E-state index contributed by atoms with van der Waals surface area (Å²) in [6.07, 6.45) is 2.22. The Morgan fingerprint density at radius 1 is 0.929 bits per heavy atom.